The van der Waals surface area contributed by atoms with E-state index in [0.717, 1.165) is 24.3 Å². The van der Waals surface area contributed by atoms with E-state index in [2.05, 4.69) is 0 Å². The fourth-order valence-corrected chi connectivity index (χ4v) is 3.56. The SMILES string of the molecule is CC(C)(C)OC(=O)N1CCC(Oc2ccc(N3CC(Cl)CC3=O)cc2)CC1. The van der Waals surface area contributed by atoms with Gasteiger partial charge in [-0.15, -0.1) is 11.6 Å². The van der Waals surface area contributed by atoms with Gasteiger partial charge in [0, 0.05) is 44.6 Å². The molecule has 0 bridgehead atoms. The maximum Gasteiger partial charge on any atom is 0.410 e. The lowest BCUT2D eigenvalue weighted by Crippen LogP contribution is -2.44. The van der Waals surface area contributed by atoms with Gasteiger partial charge in [-0.25, -0.2) is 4.79 Å². The van der Waals surface area contributed by atoms with Gasteiger partial charge in [0.1, 0.15) is 17.5 Å². The third kappa shape index (κ3) is 5.28. The van der Waals surface area contributed by atoms with E-state index in [9.17, 15) is 9.59 Å². The number of hydrogen-bond acceptors (Lipinski definition) is 4. The zero-order chi connectivity index (χ0) is 19.6. The number of ether oxygens (including phenoxy) is 2. The lowest BCUT2D eigenvalue weighted by Gasteiger charge is -2.33. The van der Waals surface area contributed by atoms with Crippen LogP contribution in [0.15, 0.2) is 24.3 Å². The van der Waals surface area contributed by atoms with E-state index in [1.807, 2.05) is 45.0 Å². The van der Waals surface area contributed by atoms with Crippen molar-refractivity contribution in [1.82, 2.24) is 4.90 Å². The first-order chi connectivity index (χ1) is 12.7. The van der Waals surface area contributed by atoms with Crippen LogP contribution in [0.1, 0.15) is 40.0 Å². The number of piperidine rings is 1. The number of carbonyl (C=O) groups excluding carboxylic acids is 2. The predicted octanol–water partition coefficient (Wildman–Crippen LogP) is 3.81. The number of benzene rings is 1. The predicted molar refractivity (Wildman–Crippen MR) is 105 cm³/mol. The smallest absolute Gasteiger partial charge is 0.410 e. The van der Waals surface area contributed by atoms with Gasteiger partial charge in [0.25, 0.3) is 0 Å². The van der Waals surface area contributed by atoms with Gasteiger partial charge in [-0.2, -0.15) is 0 Å². The van der Waals surface area contributed by atoms with Crippen LogP contribution in [0.3, 0.4) is 0 Å². The molecule has 7 heteroatoms. The van der Waals surface area contributed by atoms with Gasteiger partial charge in [0.2, 0.25) is 5.91 Å². The highest BCUT2D eigenvalue weighted by molar-refractivity contribution is 6.24. The molecule has 0 N–H and O–H groups in total. The van der Waals surface area contributed by atoms with Crippen LogP contribution in [0.2, 0.25) is 0 Å². The average Bonchev–Trinajstić information content (AvgIpc) is 2.93. The van der Waals surface area contributed by atoms with Crippen molar-refractivity contribution in [2.75, 3.05) is 24.5 Å². The van der Waals surface area contributed by atoms with Gasteiger partial charge in [0.05, 0.1) is 5.38 Å². The molecule has 0 saturated carbocycles. The van der Waals surface area contributed by atoms with Crippen LogP contribution >= 0.6 is 11.6 Å². The lowest BCUT2D eigenvalue weighted by molar-refractivity contribution is -0.117. The summed E-state index contributed by atoms with van der Waals surface area (Å²) in [5.41, 5.74) is 0.363. The molecule has 1 aromatic rings. The quantitative estimate of drug-likeness (QED) is 0.731. The average molecular weight is 395 g/mol. The first-order valence-corrected chi connectivity index (χ1v) is 9.84. The Morgan fingerprint density at radius 1 is 1.15 bits per heavy atom. The third-order valence-electron chi connectivity index (χ3n) is 4.62. The van der Waals surface area contributed by atoms with Crippen LogP contribution in [0.5, 0.6) is 5.75 Å². The second-order valence-corrected chi connectivity index (χ2v) is 8.70. The highest BCUT2D eigenvalue weighted by Gasteiger charge is 2.30. The van der Waals surface area contributed by atoms with E-state index in [1.165, 1.54) is 0 Å². The second-order valence-electron chi connectivity index (χ2n) is 8.08. The molecule has 1 unspecified atom stereocenters. The zero-order valence-corrected chi connectivity index (χ0v) is 16.9. The number of amides is 2. The molecule has 2 heterocycles. The summed E-state index contributed by atoms with van der Waals surface area (Å²) in [6.45, 7) is 7.39. The Labute approximate surface area is 165 Å². The summed E-state index contributed by atoms with van der Waals surface area (Å²) in [4.78, 5) is 27.5. The van der Waals surface area contributed by atoms with Gasteiger partial charge >= 0.3 is 6.09 Å². The number of halogens is 1. The Kier molecular flexibility index (Phi) is 5.84. The van der Waals surface area contributed by atoms with Gasteiger partial charge in [-0.05, 0) is 45.0 Å². The summed E-state index contributed by atoms with van der Waals surface area (Å²) >= 11 is 6.06. The number of rotatable bonds is 3. The first kappa shape index (κ1) is 19.8. The molecule has 0 aromatic heterocycles. The standard InChI is InChI=1S/C20H27ClN2O4/c1-20(2,3)27-19(25)22-10-8-17(9-11-22)26-16-6-4-15(5-7-16)23-13-14(21)12-18(23)24/h4-7,14,17H,8-13H2,1-3H3. The summed E-state index contributed by atoms with van der Waals surface area (Å²) in [5.74, 6) is 0.821. The molecule has 6 nitrogen and oxygen atoms in total. The number of carbonyl (C=O) groups is 2. The largest absolute Gasteiger partial charge is 0.490 e. The summed E-state index contributed by atoms with van der Waals surface area (Å²) in [6.07, 6.45) is 1.71. The fourth-order valence-electron chi connectivity index (χ4n) is 3.29. The van der Waals surface area contributed by atoms with Crippen molar-refractivity contribution in [1.29, 1.82) is 0 Å². The minimum atomic E-state index is -0.480. The molecule has 2 fully saturated rings. The maximum atomic E-state index is 12.1. The number of likely N-dealkylation sites (tertiary alicyclic amines) is 1. The van der Waals surface area contributed by atoms with E-state index in [4.69, 9.17) is 21.1 Å². The highest BCUT2D eigenvalue weighted by atomic mass is 35.5. The molecule has 0 spiro atoms. The highest BCUT2D eigenvalue weighted by Crippen LogP contribution is 2.27. The molecule has 2 amide bonds. The summed E-state index contributed by atoms with van der Waals surface area (Å²) in [6, 6.07) is 7.53. The molecule has 2 saturated heterocycles. The van der Waals surface area contributed by atoms with E-state index >= 15 is 0 Å². The third-order valence-corrected chi connectivity index (χ3v) is 4.91. The molecular weight excluding hydrogens is 368 g/mol. The molecule has 1 aromatic carbocycles. The minimum absolute atomic E-state index is 0.0539. The van der Waals surface area contributed by atoms with Crippen molar-refractivity contribution in [2.24, 2.45) is 0 Å². The van der Waals surface area contributed by atoms with E-state index < -0.39 is 5.60 Å². The number of nitrogens with zero attached hydrogens (tertiary/aromatic N) is 2. The Balaban J connectivity index is 1.49. The molecule has 2 aliphatic rings. The normalized spacial score (nSPS) is 21.5. The molecule has 27 heavy (non-hydrogen) atoms. The van der Waals surface area contributed by atoms with Gasteiger partial charge in [-0.1, -0.05) is 0 Å². The van der Waals surface area contributed by atoms with Crippen LogP contribution in [-0.2, 0) is 9.53 Å². The van der Waals surface area contributed by atoms with E-state index in [1.54, 1.807) is 9.80 Å². The molecule has 148 valence electrons. The summed E-state index contributed by atoms with van der Waals surface area (Å²) in [5, 5.41) is -0.122. The topological polar surface area (TPSA) is 59.1 Å². The van der Waals surface area contributed by atoms with Gasteiger partial charge in [-0.3, -0.25) is 4.79 Å². The monoisotopic (exact) mass is 394 g/mol. The summed E-state index contributed by atoms with van der Waals surface area (Å²) < 4.78 is 11.5. The molecule has 1 atom stereocenters. The van der Waals surface area contributed by atoms with Crippen LogP contribution in [0.4, 0.5) is 10.5 Å². The lowest BCUT2D eigenvalue weighted by atomic mass is 10.1. The zero-order valence-electron chi connectivity index (χ0n) is 16.1. The van der Waals surface area contributed by atoms with E-state index in [0.29, 0.717) is 26.1 Å². The molecule has 2 aliphatic heterocycles. The van der Waals surface area contributed by atoms with Crippen molar-refractivity contribution < 1.29 is 19.1 Å². The molecule has 0 radical (unpaired) electrons. The number of anilines is 1. The Bertz CT molecular complexity index is 678. The van der Waals surface area contributed by atoms with Gasteiger partial charge < -0.3 is 19.3 Å². The first-order valence-electron chi connectivity index (χ1n) is 9.40. The number of alkyl halides is 1. The van der Waals surface area contributed by atoms with Crippen molar-refractivity contribution in [3.8, 4) is 5.75 Å². The number of hydrogen-bond donors (Lipinski definition) is 0. The van der Waals surface area contributed by atoms with Crippen molar-refractivity contribution in [3.05, 3.63) is 24.3 Å². The van der Waals surface area contributed by atoms with Crippen LogP contribution < -0.4 is 9.64 Å². The molecular formula is C20H27ClN2O4. The van der Waals surface area contributed by atoms with E-state index in [-0.39, 0.29) is 23.5 Å². The second kappa shape index (κ2) is 7.97. The Morgan fingerprint density at radius 3 is 2.30 bits per heavy atom. The Hall–Kier alpha value is -1.95. The van der Waals surface area contributed by atoms with Crippen LogP contribution in [0, 0.1) is 0 Å². The minimum Gasteiger partial charge on any atom is -0.490 e. The van der Waals surface area contributed by atoms with Crippen molar-refractivity contribution in [2.45, 2.75) is 57.1 Å². The molecule has 0 aliphatic carbocycles. The maximum absolute atomic E-state index is 12.1. The Morgan fingerprint density at radius 2 is 1.78 bits per heavy atom. The van der Waals surface area contributed by atoms with Crippen LogP contribution in [0.25, 0.3) is 0 Å². The van der Waals surface area contributed by atoms with Crippen molar-refractivity contribution >= 4 is 29.3 Å². The van der Waals surface area contributed by atoms with Crippen molar-refractivity contribution in [3.63, 3.8) is 0 Å². The van der Waals surface area contributed by atoms with Gasteiger partial charge in [0.15, 0.2) is 0 Å². The molecule has 3 rings (SSSR count). The fraction of sp³-hybridized carbons (Fsp3) is 0.600. The summed E-state index contributed by atoms with van der Waals surface area (Å²) in [7, 11) is 0. The van der Waals surface area contributed by atoms with Crippen LogP contribution in [-0.4, -0.2) is 53.6 Å².